The minimum Gasteiger partial charge on any atom is -0.452 e. The highest BCUT2D eigenvalue weighted by molar-refractivity contribution is 6.04. The Morgan fingerprint density at radius 3 is 2.57 bits per heavy atom. The third kappa shape index (κ3) is 5.16. The van der Waals surface area contributed by atoms with Gasteiger partial charge in [-0.25, -0.2) is 4.79 Å². The molecule has 28 heavy (non-hydrogen) atoms. The van der Waals surface area contributed by atoms with Crippen LogP contribution in [0.2, 0.25) is 0 Å². The Bertz CT molecular complexity index is 970. The second-order valence-electron chi connectivity index (χ2n) is 6.90. The number of nitrogens with zero attached hydrogens (tertiary/aromatic N) is 1. The molecular weight excluding hydrogens is 352 g/mol. The van der Waals surface area contributed by atoms with Gasteiger partial charge in [0.2, 0.25) is 0 Å². The number of pyridine rings is 1. The number of aromatic nitrogens is 1. The number of aryl methyl sites for hydroxylation is 2. The fourth-order valence-corrected chi connectivity index (χ4v) is 3.10. The molecule has 1 amide bonds. The first-order valence-electron chi connectivity index (χ1n) is 9.40. The zero-order valence-corrected chi connectivity index (χ0v) is 16.1. The quantitative estimate of drug-likeness (QED) is 0.636. The number of ether oxygens (including phenoxy) is 1. The van der Waals surface area contributed by atoms with Crippen molar-refractivity contribution >= 4 is 22.8 Å². The van der Waals surface area contributed by atoms with E-state index in [4.69, 9.17) is 4.74 Å². The van der Waals surface area contributed by atoms with E-state index in [0.29, 0.717) is 5.56 Å². The standard InChI is InChI=1S/C23H24N2O3/c1-16(12-13-18-8-4-3-5-9-18)25-22(26)15-28-23(27)20-14-17(2)24-21-11-7-6-10-19(20)21/h3-11,14,16H,12-13,15H2,1-2H3,(H,25,26). The summed E-state index contributed by atoms with van der Waals surface area (Å²) in [6.45, 7) is 3.47. The molecule has 1 aromatic heterocycles. The molecule has 3 rings (SSSR count). The van der Waals surface area contributed by atoms with Gasteiger partial charge >= 0.3 is 5.97 Å². The van der Waals surface area contributed by atoms with E-state index in [9.17, 15) is 9.59 Å². The molecule has 1 atom stereocenters. The van der Waals surface area contributed by atoms with Gasteiger partial charge in [-0.2, -0.15) is 0 Å². The Labute approximate surface area is 164 Å². The van der Waals surface area contributed by atoms with Crippen LogP contribution in [0.1, 0.15) is 35.0 Å². The summed E-state index contributed by atoms with van der Waals surface area (Å²) in [6.07, 6.45) is 1.70. The van der Waals surface area contributed by atoms with Gasteiger partial charge in [0.15, 0.2) is 6.61 Å². The van der Waals surface area contributed by atoms with Crippen LogP contribution in [0.5, 0.6) is 0 Å². The predicted octanol–water partition coefficient (Wildman–Crippen LogP) is 3.84. The number of nitrogens with one attached hydrogen (secondary N) is 1. The van der Waals surface area contributed by atoms with Crippen molar-refractivity contribution in [3.8, 4) is 0 Å². The normalized spacial score (nSPS) is 11.8. The second kappa shape index (κ2) is 9.13. The number of rotatable bonds is 7. The lowest BCUT2D eigenvalue weighted by molar-refractivity contribution is -0.124. The van der Waals surface area contributed by atoms with Gasteiger partial charge in [-0.15, -0.1) is 0 Å². The van der Waals surface area contributed by atoms with Crippen molar-refractivity contribution < 1.29 is 14.3 Å². The number of carbonyl (C=O) groups excluding carboxylic acids is 2. The molecule has 3 aromatic rings. The highest BCUT2D eigenvalue weighted by Crippen LogP contribution is 2.19. The van der Waals surface area contributed by atoms with Crippen LogP contribution in [0, 0.1) is 6.92 Å². The van der Waals surface area contributed by atoms with E-state index in [-0.39, 0.29) is 18.6 Å². The summed E-state index contributed by atoms with van der Waals surface area (Å²) in [5.74, 6) is -0.821. The Morgan fingerprint density at radius 2 is 1.79 bits per heavy atom. The van der Waals surface area contributed by atoms with Gasteiger partial charge in [-0.3, -0.25) is 9.78 Å². The van der Waals surface area contributed by atoms with Crippen LogP contribution in [0.4, 0.5) is 0 Å². The molecule has 0 aliphatic heterocycles. The molecule has 0 bridgehead atoms. The van der Waals surface area contributed by atoms with Crippen LogP contribution >= 0.6 is 0 Å². The average molecular weight is 376 g/mol. The van der Waals surface area contributed by atoms with Gasteiger partial charge < -0.3 is 10.1 Å². The number of esters is 1. The van der Waals surface area contributed by atoms with Crippen molar-refractivity contribution in [2.75, 3.05) is 6.61 Å². The molecule has 0 saturated carbocycles. The van der Waals surface area contributed by atoms with Gasteiger partial charge in [-0.05, 0) is 44.4 Å². The molecule has 5 heteroatoms. The van der Waals surface area contributed by atoms with Gasteiger partial charge in [0.1, 0.15) is 0 Å². The minimum atomic E-state index is -0.520. The van der Waals surface area contributed by atoms with E-state index in [1.807, 2.05) is 56.3 Å². The number of hydrogen-bond acceptors (Lipinski definition) is 4. The van der Waals surface area contributed by atoms with Crippen molar-refractivity contribution in [3.63, 3.8) is 0 Å². The van der Waals surface area contributed by atoms with Gasteiger partial charge in [0, 0.05) is 17.1 Å². The maximum atomic E-state index is 12.5. The summed E-state index contributed by atoms with van der Waals surface area (Å²) in [5.41, 5.74) is 3.11. The summed E-state index contributed by atoms with van der Waals surface area (Å²) >= 11 is 0. The van der Waals surface area contributed by atoms with Crippen LogP contribution in [0.25, 0.3) is 10.9 Å². The van der Waals surface area contributed by atoms with Gasteiger partial charge in [-0.1, -0.05) is 48.5 Å². The lowest BCUT2D eigenvalue weighted by Gasteiger charge is -2.14. The fraction of sp³-hybridized carbons (Fsp3) is 0.261. The maximum absolute atomic E-state index is 12.5. The van der Waals surface area contributed by atoms with Crippen molar-refractivity contribution in [3.05, 3.63) is 77.5 Å². The Hall–Kier alpha value is -3.21. The van der Waals surface area contributed by atoms with Crippen molar-refractivity contribution in [2.45, 2.75) is 32.7 Å². The molecule has 0 fully saturated rings. The van der Waals surface area contributed by atoms with Crippen molar-refractivity contribution in [1.29, 1.82) is 0 Å². The van der Waals surface area contributed by atoms with E-state index < -0.39 is 5.97 Å². The SMILES string of the molecule is Cc1cc(C(=O)OCC(=O)NC(C)CCc2ccccc2)c2ccccc2n1. The maximum Gasteiger partial charge on any atom is 0.339 e. The van der Waals surface area contributed by atoms with E-state index in [2.05, 4.69) is 22.4 Å². The molecule has 0 saturated heterocycles. The summed E-state index contributed by atoms with van der Waals surface area (Å²) < 4.78 is 5.24. The number of benzene rings is 2. The Balaban J connectivity index is 1.52. The predicted molar refractivity (Wildman–Crippen MR) is 109 cm³/mol. The molecule has 5 nitrogen and oxygen atoms in total. The topological polar surface area (TPSA) is 68.3 Å². The number of hydrogen-bond donors (Lipinski definition) is 1. The molecular formula is C23H24N2O3. The third-order valence-corrected chi connectivity index (χ3v) is 4.51. The molecule has 1 N–H and O–H groups in total. The van der Waals surface area contributed by atoms with E-state index in [0.717, 1.165) is 29.4 Å². The third-order valence-electron chi connectivity index (χ3n) is 4.51. The highest BCUT2D eigenvalue weighted by Gasteiger charge is 2.15. The number of amides is 1. The first kappa shape index (κ1) is 19.5. The van der Waals surface area contributed by atoms with Crippen LogP contribution in [-0.2, 0) is 16.0 Å². The fourth-order valence-electron chi connectivity index (χ4n) is 3.10. The molecule has 0 aliphatic carbocycles. The lowest BCUT2D eigenvalue weighted by atomic mass is 10.1. The largest absolute Gasteiger partial charge is 0.452 e. The summed E-state index contributed by atoms with van der Waals surface area (Å²) in [5, 5.41) is 3.59. The number of carbonyl (C=O) groups is 2. The molecule has 0 spiro atoms. The van der Waals surface area contributed by atoms with Crippen molar-refractivity contribution in [2.24, 2.45) is 0 Å². The second-order valence-corrected chi connectivity index (χ2v) is 6.90. The van der Waals surface area contributed by atoms with Gasteiger partial charge in [0.25, 0.3) is 5.91 Å². The monoisotopic (exact) mass is 376 g/mol. The first-order valence-corrected chi connectivity index (χ1v) is 9.40. The van der Waals surface area contributed by atoms with Crippen LogP contribution < -0.4 is 5.32 Å². The molecule has 0 radical (unpaired) electrons. The zero-order chi connectivity index (χ0) is 19.9. The molecule has 2 aromatic carbocycles. The van der Waals surface area contributed by atoms with Crippen LogP contribution in [0.15, 0.2) is 60.7 Å². The molecule has 144 valence electrons. The summed E-state index contributed by atoms with van der Waals surface area (Å²) in [7, 11) is 0. The Morgan fingerprint density at radius 1 is 1.07 bits per heavy atom. The summed E-state index contributed by atoms with van der Waals surface area (Å²) in [6, 6.07) is 19.2. The number of fused-ring (bicyclic) bond motifs is 1. The van der Waals surface area contributed by atoms with Crippen LogP contribution in [0.3, 0.4) is 0 Å². The van der Waals surface area contributed by atoms with E-state index in [1.165, 1.54) is 5.56 Å². The zero-order valence-electron chi connectivity index (χ0n) is 16.1. The lowest BCUT2D eigenvalue weighted by Crippen LogP contribution is -2.36. The Kier molecular flexibility index (Phi) is 6.37. The van der Waals surface area contributed by atoms with Crippen LogP contribution in [-0.4, -0.2) is 29.5 Å². The molecule has 1 unspecified atom stereocenters. The molecule has 0 aliphatic rings. The molecule has 1 heterocycles. The van der Waals surface area contributed by atoms with Gasteiger partial charge in [0.05, 0.1) is 11.1 Å². The smallest absolute Gasteiger partial charge is 0.339 e. The first-order chi connectivity index (χ1) is 13.5. The minimum absolute atomic E-state index is 0.00425. The van der Waals surface area contributed by atoms with E-state index in [1.54, 1.807) is 6.07 Å². The van der Waals surface area contributed by atoms with Crippen molar-refractivity contribution in [1.82, 2.24) is 10.3 Å². The summed E-state index contributed by atoms with van der Waals surface area (Å²) in [4.78, 5) is 29.0. The highest BCUT2D eigenvalue weighted by atomic mass is 16.5. The number of para-hydroxylation sites is 1. The average Bonchev–Trinajstić information content (AvgIpc) is 2.70. The van der Waals surface area contributed by atoms with E-state index >= 15 is 0 Å².